The Bertz CT molecular complexity index is 1060. The van der Waals surface area contributed by atoms with Crippen molar-refractivity contribution >= 4 is 17.7 Å². The van der Waals surface area contributed by atoms with Gasteiger partial charge >= 0.3 is 6.09 Å². The highest BCUT2D eigenvalue weighted by atomic mass is 19.1. The van der Waals surface area contributed by atoms with Crippen LogP contribution >= 0.6 is 0 Å². The number of para-hydroxylation sites is 1. The van der Waals surface area contributed by atoms with Crippen molar-refractivity contribution in [2.75, 3.05) is 20.2 Å². The zero-order valence-corrected chi connectivity index (χ0v) is 19.1. The van der Waals surface area contributed by atoms with E-state index in [9.17, 15) is 19.1 Å². The van der Waals surface area contributed by atoms with Gasteiger partial charge in [-0.15, -0.1) is 0 Å². The fourth-order valence-corrected chi connectivity index (χ4v) is 3.46. The Morgan fingerprint density at radius 2 is 2.00 bits per heavy atom. The van der Waals surface area contributed by atoms with Gasteiger partial charge in [-0.1, -0.05) is 29.4 Å². The topological polar surface area (TPSA) is 100 Å². The van der Waals surface area contributed by atoms with Crippen LogP contribution in [0.15, 0.2) is 47.6 Å². The zero-order chi connectivity index (χ0) is 24.2. The van der Waals surface area contributed by atoms with E-state index < -0.39 is 23.4 Å². The predicted molar refractivity (Wildman–Crippen MR) is 122 cm³/mol. The molecule has 1 atom stereocenters. The number of rotatable bonds is 7. The van der Waals surface area contributed by atoms with E-state index in [4.69, 9.17) is 9.57 Å². The summed E-state index contributed by atoms with van der Waals surface area (Å²) in [6.45, 7) is 5.80. The van der Waals surface area contributed by atoms with Crippen LogP contribution in [-0.4, -0.2) is 59.6 Å². The van der Waals surface area contributed by atoms with E-state index in [1.165, 1.54) is 24.1 Å². The normalized spacial score (nSPS) is 15.4. The van der Waals surface area contributed by atoms with Crippen LogP contribution in [0.3, 0.4) is 0 Å². The third-order valence-corrected chi connectivity index (χ3v) is 5.24. The number of carboxylic acid groups (broad SMARTS) is 1. The molecule has 33 heavy (non-hydrogen) atoms. The van der Waals surface area contributed by atoms with Crippen LogP contribution in [0.4, 0.5) is 9.18 Å². The van der Waals surface area contributed by atoms with Gasteiger partial charge in [0.05, 0.1) is 17.8 Å². The molecule has 176 valence electrons. The molecular formula is C24H28FN3O5. The van der Waals surface area contributed by atoms with Gasteiger partial charge in [-0.05, 0) is 44.5 Å². The van der Waals surface area contributed by atoms with Crippen LogP contribution < -0.4 is 10.1 Å². The van der Waals surface area contributed by atoms with Crippen molar-refractivity contribution in [1.82, 2.24) is 10.2 Å². The van der Waals surface area contributed by atoms with E-state index in [2.05, 4.69) is 10.5 Å². The maximum atomic E-state index is 14.4. The second kappa shape index (κ2) is 9.89. The van der Waals surface area contributed by atoms with Gasteiger partial charge in [0, 0.05) is 24.6 Å². The minimum absolute atomic E-state index is 0.0330. The molecule has 0 aromatic heterocycles. The van der Waals surface area contributed by atoms with Gasteiger partial charge in [0.25, 0.3) is 5.91 Å². The highest BCUT2D eigenvalue weighted by molar-refractivity contribution is 5.95. The van der Waals surface area contributed by atoms with Gasteiger partial charge in [0.2, 0.25) is 0 Å². The fraction of sp³-hybridized carbons (Fsp3) is 0.375. The van der Waals surface area contributed by atoms with Crippen molar-refractivity contribution in [1.29, 1.82) is 0 Å². The molecule has 3 rings (SSSR count). The average molecular weight is 458 g/mol. The predicted octanol–water partition coefficient (Wildman–Crippen LogP) is 4.15. The smallest absolute Gasteiger partial charge is 0.408 e. The Morgan fingerprint density at radius 1 is 1.27 bits per heavy atom. The van der Waals surface area contributed by atoms with E-state index in [0.717, 1.165) is 0 Å². The number of carbonyl (C=O) groups excluding carboxylic acids is 1. The SMILES string of the molecule is CNC(=O)c1ccc(-c2ccccc2OC[C@H]2CC(CN(C(=O)O)C(C)(C)C)=NO2)cc1F. The van der Waals surface area contributed by atoms with Crippen LogP contribution in [-0.2, 0) is 4.84 Å². The molecule has 0 spiro atoms. The van der Waals surface area contributed by atoms with Crippen molar-refractivity contribution in [3.63, 3.8) is 0 Å². The molecule has 2 aromatic rings. The maximum absolute atomic E-state index is 14.4. The summed E-state index contributed by atoms with van der Waals surface area (Å²) in [4.78, 5) is 30.1. The summed E-state index contributed by atoms with van der Waals surface area (Å²) in [6.07, 6.45) is -0.943. The molecule has 2 amide bonds. The number of halogens is 1. The van der Waals surface area contributed by atoms with Crippen molar-refractivity contribution in [3.05, 3.63) is 53.8 Å². The number of hydrogen-bond acceptors (Lipinski definition) is 5. The molecule has 9 heteroatoms. The molecule has 1 heterocycles. The number of oxime groups is 1. The first-order chi connectivity index (χ1) is 15.6. The Morgan fingerprint density at radius 3 is 2.64 bits per heavy atom. The minimum atomic E-state index is -1.02. The first kappa shape index (κ1) is 24.0. The lowest BCUT2D eigenvalue weighted by atomic mass is 10.0. The standard InChI is InChI=1S/C24H28FN3O5/c1-24(2,3)28(23(30)31)13-16-12-17(33-27-16)14-32-21-8-6-5-7-18(21)15-9-10-19(20(25)11-15)22(29)26-4/h5-11,17H,12-14H2,1-4H3,(H,26,29)(H,30,31)/t17-/m1/s1. The Labute approximate surface area is 192 Å². The average Bonchev–Trinajstić information content (AvgIpc) is 3.22. The van der Waals surface area contributed by atoms with Gasteiger partial charge in [-0.2, -0.15) is 0 Å². The van der Waals surface area contributed by atoms with Crippen molar-refractivity contribution < 1.29 is 28.7 Å². The second-order valence-electron chi connectivity index (χ2n) is 8.71. The van der Waals surface area contributed by atoms with Gasteiger partial charge < -0.3 is 20.0 Å². The highest BCUT2D eigenvalue weighted by Gasteiger charge is 2.31. The minimum Gasteiger partial charge on any atom is -0.489 e. The summed E-state index contributed by atoms with van der Waals surface area (Å²) in [5.41, 5.74) is 1.27. The number of nitrogens with one attached hydrogen (secondary N) is 1. The number of amides is 2. The monoisotopic (exact) mass is 457 g/mol. The third kappa shape index (κ3) is 5.79. The van der Waals surface area contributed by atoms with Gasteiger partial charge in [-0.25, -0.2) is 9.18 Å². The van der Waals surface area contributed by atoms with Crippen LogP contribution in [0, 0.1) is 5.82 Å². The summed E-state index contributed by atoms with van der Waals surface area (Å²) in [7, 11) is 1.45. The summed E-state index contributed by atoms with van der Waals surface area (Å²) in [5, 5.41) is 15.9. The molecule has 0 bridgehead atoms. The van der Waals surface area contributed by atoms with Crippen LogP contribution in [0.1, 0.15) is 37.6 Å². The second-order valence-corrected chi connectivity index (χ2v) is 8.71. The summed E-state index contributed by atoms with van der Waals surface area (Å²) < 4.78 is 20.4. The molecule has 1 aliphatic rings. The van der Waals surface area contributed by atoms with Gasteiger partial charge in [0.15, 0.2) is 6.10 Å². The maximum Gasteiger partial charge on any atom is 0.408 e. The lowest BCUT2D eigenvalue weighted by molar-refractivity contribution is 0.0472. The molecule has 0 aliphatic carbocycles. The van der Waals surface area contributed by atoms with Crippen LogP contribution in [0.2, 0.25) is 0 Å². The molecule has 0 saturated carbocycles. The molecule has 0 radical (unpaired) electrons. The Hall–Kier alpha value is -3.62. The van der Waals surface area contributed by atoms with Crippen molar-refractivity contribution in [2.45, 2.75) is 38.8 Å². The lowest BCUT2D eigenvalue weighted by Gasteiger charge is -2.32. The molecule has 8 nitrogen and oxygen atoms in total. The van der Waals surface area contributed by atoms with Crippen LogP contribution in [0.5, 0.6) is 5.75 Å². The van der Waals surface area contributed by atoms with Crippen molar-refractivity contribution in [3.8, 4) is 16.9 Å². The number of benzene rings is 2. The summed E-state index contributed by atoms with van der Waals surface area (Å²) in [6, 6.07) is 11.6. The van der Waals surface area contributed by atoms with E-state index in [1.54, 1.807) is 24.3 Å². The number of carbonyl (C=O) groups is 2. The van der Waals surface area contributed by atoms with E-state index in [1.807, 2.05) is 26.8 Å². The van der Waals surface area contributed by atoms with Crippen molar-refractivity contribution in [2.24, 2.45) is 5.16 Å². The van der Waals surface area contributed by atoms with E-state index >= 15 is 0 Å². The Kier molecular flexibility index (Phi) is 7.20. The molecular weight excluding hydrogens is 429 g/mol. The number of ether oxygens (including phenoxy) is 1. The Balaban J connectivity index is 1.66. The molecule has 2 aromatic carbocycles. The van der Waals surface area contributed by atoms with Gasteiger partial charge in [-0.3, -0.25) is 9.69 Å². The lowest BCUT2D eigenvalue weighted by Crippen LogP contribution is -2.47. The largest absolute Gasteiger partial charge is 0.489 e. The fourth-order valence-electron chi connectivity index (χ4n) is 3.46. The van der Waals surface area contributed by atoms with E-state index in [-0.39, 0.29) is 24.8 Å². The van der Waals surface area contributed by atoms with Gasteiger partial charge in [0.1, 0.15) is 18.2 Å². The third-order valence-electron chi connectivity index (χ3n) is 5.24. The number of hydrogen-bond donors (Lipinski definition) is 2. The van der Waals surface area contributed by atoms with Crippen LogP contribution in [0.25, 0.3) is 11.1 Å². The first-order valence-electron chi connectivity index (χ1n) is 10.6. The number of nitrogens with zero attached hydrogens (tertiary/aromatic N) is 2. The summed E-state index contributed by atoms with van der Waals surface area (Å²) in [5.74, 6) is -0.588. The van der Waals surface area contributed by atoms with E-state index in [0.29, 0.717) is 29.0 Å². The first-order valence-corrected chi connectivity index (χ1v) is 10.6. The highest BCUT2D eigenvalue weighted by Crippen LogP contribution is 2.31. The molecule has 1 aliphatic heterocycles. The molecule has 2 N–H and O–H groups in total. The summed E-state index contributed by atoms with van der Waals surface area (Å²) >= 11 is 0. The zero-order valence-electron chi connectivity index (χ0n) is 19.1. The molecule has 0 fully saturated rings. The molecule has 0 saturated heterocycles. The molecule has 0 unspecified atom stereocenters. The quantitative estimate of drug-likeness (QED) is 0.651.